The van der Waals surface area contributed by atoms with Crippen LogP contribution in [-0.2, 0) is 21.3 Å². The molecule has 0 radical (unpaired) electrons. The summed E-state index contributed by atoms with van der Waals surface area (Å²) in [5, 5.41) is 11.8. The molecule has 21 heavy (non-hydrogen) atoms. The molecular formula is C15H12N2O3S. The van der Waals surface area contributed by atoms with E-state index in [0.717, 1.165) is 5.56 Å². The average Bonchev–Trinajstić information content (AvgIpc) is 2.53. The minimum Gasteiger partial charge on any atom is -0.389 e. The SMILES string of the molecule is N#CC(=NOCc1ccccc1)S(=O)(=O)c1ccccc1. The van der Waals surface area contributed by atoms with Crippen molar-refractivity contribution in [2.75, 3.05) is 0 Å². The first-order valence-corrected chi connectivity index (χ1v) is 7.57. The number of sulfone groups is 1. The van der Waals surface area contributed by atoms with E-state index in [-0.39, 0.29) is 11.5 Å². The lowest BCUT2D eigenvalue weighted by Crippen LogP contribution is -2.13. The largest absolute Gasteiger partial charge is 0.389 e. The van der Waals surface area contributed by atoms with E-state index >= 15 is 0 Å². The van der Waals surface area contributed by atoms with Crippen LogP contribution in [0.25, 0.3) is 0 Å². The Labute approximate surface area is 123 Å². The Bertz CT molecular complexity index is 764. The van der Waals surface area contributed by atoms with E-state index in [1.807, 2.05) is 30.3 Å². The van der Waals surface area contributed by atoms with Crippen LogP contribution in [0.1, 0.15) is 5.56 Å². The summed E-state index contributed by atoms with van der Waals surface area (Å²) in [6.07, 6.45) is 0. The van der Waals surface area contributed by atoms with Gasteiger partial charge in [0.15, 0.2) is 0 Å². The summed E-state index contributed by atoms with van der Waals surface area (Å²) < 4.78 is 24.3. The maximum atomic E-state index is 12.2. The zero-order valence-electron chi connectivity index (χ0n) is 11.0. The summed E-state index contributed by atoms with van der Waals surface area (Å²) in [5.74, 6) is 0. The molecule has 0 saturated carbocycles. The zero-order valence-corrected chi connectivity index (χ0v) is 11.8. The molecule has 2 rings (SSSR count). The van der Waals surface area contributed by atoms with Crippen molar-refractivity contribution in [3.05, 3.63) is 66.2 Å². The first kappa shape index (κ1) is 14.8. The lowest BCUT2D eigenvalue weighted by molar-refractivity contribution is 0.131. The van der Waals surface area contributed by atoms with Gasteiger partial charge in [0.2, 0.25) is 9.84 Å². The Kier molecular flexibility index (Phi) is 4.69. The van der Waals surface area contributed by atoms with Crippen LogP contribution < -0.4 is 0 Å². The van der Waals surface area contributed by atoms with Gasteiger partial charge in [-0.2, -0.15) is 5.26 Å². The van der Waals surface area contributed by atoms with Crippen molar-refractivity contribution in [2.45, 2.75) is 11.5 Å². The van der Waals surface area contributed by atoms with Gasteiger partial charge < -0.3 is 4.84 Å². The molecule has 0 bridgehead atoms. The highest BCUT2D eigenvalue weighted by Crippen LogP contribution is 2.12. The molecule has 0 aromatic heterocycles. The summed E-state index contributed by atoms with van der Waals surface area (Å²) >= 11 is 0. The first-order chi connectivity index (χ1) is 10.1. The maximum absolute atomic E-state index is 12.2. The molecule has 0 unspecified atom stereocenters. The Morgan fingerprint density at radius 1 is 1.05 bits per heavy atom. The quantitative estimate of drug-likeness (QED) is 0.493. The lowest BCUT2D eigenvalue weighted by atomic mass is 10.2. The highest BCUT2D eigenvalue weighted by atomic mass is 32.2. The predicted octanol–water partition coefficient (Wildman–Crippen LogP) is 2.51. The van der Waals surface area contributed by atoms with Crippen LogP contribution in [0.4, 0.5) is 0 Å². The van der Waals surface area contributed by atoms with E-state index in [4.69, 9.17) is 10.1 Å². The van der Waals surface area contributed by atoms with Gasteiger partial charge in [-0.05, 0) is 17.7 Å². The van der Waals surface area contributed by atoms with Crippen molar-refractivity contribution in [3.63, 3.8) is 0 Å². The standard InChI is InChI=1S/C15H12N2O3S/c16-11-15(17-20-12-13-7-3-1-4-8-13)21(18,19)14-9-5-2-6-10-14/h1-10H,12H2. The van der Waals surface area contributed by atoms with E-state index in [1.54, 1.807) is 24.3 Å². The van der Waals surface area contributed by atoms with Crippen LogP contribution in [0.5, 0.6) is 0 Å². The van der Waals surface area contributed by atoms with E-state index in [1.165, 1.54) is 12.1 Å². The Morgan fingerprint density at radius 2 is 1.62 bits per heavy atom. The molecule has 0 aliphatic rings. The monoisotopic (exact) mass is 300 g/mol. The smallest absolute Gasteiger partial charge is 0.275 e. The highest BCUT2D eigenvalue weighted by molar-refractivity contribution is 8.07. The fourth-order valence-electron chi connectivity index (χ4n) is 1.58. The van der Waals surface area contributed by atoms with Crippen molar-refractivity contribution >= 4 is 14.9 Å². The van der Waals surface area contributed by atoms with Crippen LogP contribution >= 0.6 is 0 Å². The molecule has 0 fully saturated rings. The fourth-order valence-corrected chi connectivity index (χ4v) is 2.59. The number of rotatable bonds is 4. The minimum absolute atomic E-state index is 0.00797. The van der Waals surface area contributed by atoms with Gasteiger partial charge in [0.25, 0.3) is 5.04 Å². The van der Waals surface area contributed by atoms with Gasteiger partial charge >= 0.3 is 0 Å². The second kappa shape index (κ2) is 6.68. The van der Waals surface area contributed by atoms with Gasteiger partial charge in [-0.3, -0.25) is 0 Å². The van der Waals surface area contributed by atoms with Crippen molar-refractivity contribution in [3.8, 4) is 6.07 Å². The summed E-state index contributed by atoms with van der Waals surface area (Å²) in [5.41, 5.74) is 0.829. The molecule has 0 amide bonds. The molecule has 0 aliphatic carbocycles. The molecule has 0 aliphatic heterocycles. The average molecular weight is 300 g/mol. The van der Waals surface area contributed by atoms with Crippen molar-refractivity contribution in [2.24, 2.45) is 5.16 Å². The van der Waals surface area contributed by atoms with E-state index in [2.05, 4.69) is 5.16 Å². The van der Waals surface area contributed by atoms with Gasteiger partial charge in [-0.25, -0.2) is 8.42 Å². The van der Waals surface area contributed by atoms with Crippen LogP contribution in [0.2, 0.25) is 0 Å². The van der Waals surface area contributed by atoms with Crippen LogP contribution in [0, 0.1) is 11.3 Å². The van der Waals surface area contributed by atoms with Gasteiger partial charge in [0.1, 0.15) is 12.7 Å². The molecule has 0 atom stereocenters. The molecule has 5 nitrogen and oxygen atoms in total. The zero-order chi connectivity index (χ0) is 15.1. The van der Waals surface area contributed by atoms with Crippen molar-refractivity contribution in [1.82, 2.24) is 0 Å². The molecule has 6 heteroatoms. The molecule has 2 aromatic carbocycles. The van der Waals surface area contributed by atoms with E-state index < -0.39 is 14.9 Å². The predicted molar refractivity (Wildman–Crippen MR) is 77.9 cm³/mol. The van der Waals surface area contributed by atoms with Crippen LogP contribution in [0.15, 0.2) is 70.7 Å². The molecule has 0 saturated heterocycles. The highest BCUT2D eigenvalue weighted by Gasteiger charge is 2.23. The number of hydrogen-bond donors (Lipinski definition) is 0. The lowest BCUT2D eigenvalue weighted by Gasteiger charge is -2.02. The number of benzene rings is 2. The summed E-state index contributed by atoms with van der Waals surface area (Å²) in [7, 11) is -3.94. The van der Waals surface area contributed by atoms with E-state index in [9.17, 15) is 8.42 Å². The third kappa shape index (κ3) is 3.68. The fraction of sp³-hybridized carbons (Fsp3) is 0.0667. The number of hydrogen-bond acceptors (Lipinski definition) is 5. The third-order valence-electron chi connectivity index (χ3n) is 2.63. The van der Waals surface area contributed by atoms with Crippen LogP contribution in [-0.4, -0.2) is 13.5 Å². The van der Waals surface area contributed by atoms with Gasteiger partial charge in [-0.1, -0.05) is 53.7 Å². The van der Waals surface area contributed by atoms with E-state index in [0.29, 0.717) is 0 Å². The second-order valence-electron chi connectivity index (χ2n) is 4.08. The van der Waals surface area contributed by atoms with Crippen molar-refractivity contribution in [1.29, 1.82) is 5.26 Å². The molecule has 106 valence electrons. The summed E-state index contributed by atoms with van der Waals surface area (Å²) in [6, 6.07) is 18.3. The number of nitrogens with zero attached hydrogens (tertiary/aromatic N) is 2. The molecule has 2 aromatic rings. The Morgan fingerprint density at radius 3 is 2.19 bits per heavy atom. The molecule has 0 N–H and O–H groups in total. The normalized spacial score (nSPS) is 11.7. The number of oxime groups is 1. The first-order valence-electron chi connectivity index (χ1n) is 6.08. The minimum atomic E-state index is -3.94. The van der Waals surface area contributed by atoms with Gasteiger partial charge in [0.05, 0.1) is 4.90 Å². The van der Waals surface area contributed by atoms with Crippen LogP contribution in [0.3, 0.4) is 0 Å². The Hall–Kier alpha value is -2.65. The van der Waals surface area contributed by atoms with Crippen molar-refractivity contribution < 1.29 is 13.3 Å². The number of nitriles is 1. The topological polar surface area (TPSA) is 79.5 Å². The molecule has 0 heterocycles. The Balaban J connectivity index is 2.16. The summed E-state index contributed by atoms with van der Waals surface area (Å²) in [4.78, 5) is 4.97. The molecule has 0 spiro atoms. The third-order valence-corrected chi connectivity index (χ3v) is 4.19. The van der Waals surface area contributed by atoms with Gasteiger partial charge in [-0.15, -0.1) is 0 Å². The molecular weight excluding hydrogens is 288 g/mol. The maximum Gasteiger partial charge on any atom is 0.275 e. The summed E-state index contributed by atoms with van der Waals surface area (Å²) in [6.45, 7) is 0.0936. The second-order valence-corrected chi connectivity index (χ2v) is 5.95. The van der Waals surface area contributed by atoms with Gasteiger partial charge in [0, 0.05) is 0 Å².